The van der Waals surface area contributed by atoms with Crippen LogP contribution in [0.1, 0.15) is 27.2 Å². The van der Waals surface area contributed by atoms with Gasteiger partial charge >= 0.3 is 0 Å². The van der Waals surface area contributed by atoms with E-state index >= 15 is 0 Å². The van der Waals surface area contributed by atoms with Crippen molar-refractivity contribution in [3.05, 3.63) is 71.0 Å². The molecule has 0 N–H and O–H groups in total. The molecule has 1 aliphatic rings. The van der Waals surface area contributed by atoms with Crippen molar-refractivity contribution in [3.8, 4) is 17.6 Å². The summed E-state index contributed by atoms with van der Waals surface area (Å²) < 4.78 is 0. The van der Waals surface area contributed by atoms with Gasteiger partial charge in [0.15, 0.2) is 5.82 Å². The number of hydrogen-bond donors (Lipinski definition) is 0. The third kappa shape index (κ3) is 3.65. The summed E-state index contributed by atoms with van der Waals surface area (Å²) in [5.74, 6) is 1.31. The Kier molecular flexibility index (Phi) is 4.92. The average molecular weight is 384 g/mol. The van der Waals surface area contributed by atoms with Gasteiger partial charge in [-0.2, -0.15) is 5.26 Å². The predicted octanol–water partition coefficient (Wildman–Crippen LogP) is 2.67. The molecule has 0 radical (unpaired) electrons. The molecule has 0 saturated heterocycles. The topological polar surface area (TPSA) is 86.0 Å². The van der Waals surface area contributed by atoms with Crippen molar-refractivity contribution < 1.29 is 4.79 Å². The first-order chi connectivity index (χ1) is 14.1. The molecule has 0 fully saturated rings. The number of benzene rings is 1. The molecule has 1 amide bonds. The maximum atomic E-state index is 13.0. The number of fused-ring (bicyclic) bond motifs is 1. The third-order valence-corrected chi connectivity index (χ3v) is 4.89. The Morgan fingerprint density at radius 2 is 2.03 bits per heavy atom. The average Bonchev–Trinajstić information content (AvgIpc) is 2.77. The van der Waals surface area contributed by atoms with E-state index in [1.165, 1.54) is 0 Å². The second kappa shape index (κ2) is 7.68. The van der Waals surface area contributed by atoms with Crippen LogP contribution in [0, 0.1) is 11.3 Å². The monoisotopic (exact) mass is 384 g/mol. The number of nitrogens with zero attached hydrogens (tertiary/aromatic N) is 6. The Hall–Kier alpha value is -3.79. The molecule has 2 aromatic heterocycles. The predicted molar refractivity (Wildman–Crippen MR) is 109 cm³/mol. The molecule has 1 aliphatic heterocycles. The van der Waals surface area contributed by atoms with Crippen molar-refractivity contribution in [1.29, 1.82) is 5.26 Å². The number of carbonyl (C=O) groups is 1. The van der Waals surface area contributed by atoms with Crippen LogP contribution in [0.25, 0.3) is 11.5 Å². The van der Waals surface area contributed by atoms with Crippen LogP contribution in [0.2, 0.25) is 0 Å². The molecule has 0 saturated carbocycles. The fraction of sp³-hybridized carbons (Fsp3) is 0.227. The zero-order chi connectivity index (χ0) is 20.4. The van der Waals surface area contributed by atoms with Crippen LogP contribution in [0.3, 0.4) is 0 Å². The minimum absolute atomic E-state index is 0.0999. The second-order valence-corrected chi connectivity index (χ2v) is 7.07. The summed E-state index contributed by atoms with van der Waals surface area (Å²) >= 11 is 0. The number of amides is 1. The van der Waals surface area contributed by atoms with Crippen LogP contribution < -0.4 is 4.90 Å². The van der Waals surface area contributed by atoms with E-state index in [0.717, 1.165) is 17.1 Å². The summed E-state index contributed by atoms with van der Waals surface area (Å²) in [6, 6.07) is 14.5. The van der Waals surface area contributed by atoms with E-state index in [2.05, 4.69) is 11.1 Å². The second-order valence-electron chi connectivity index (χ2n) is 7.07. The molecule has 0 aliphatic carbocycles. The Balaban J connectivity index is 1.70. The van der Waals surface area contributed by atoms with Gasteiger partial charge in [-0.05, 0) is 36.8 Å². The highest BCUT2D eigenvalue weighted by molar-refractivity contribution is 5.94. The first kappa shape index (κ1) is 18.6. The summed E-state index contributed by atoms with van der Waals surface area (Å²) in [7, 11) is 3.91. The fourth-order valence-electron chi connectivity index (χ4n) is 3.47. The number of hydrogen-bond acceptors (Lipinski definition) is 6. The molecule has 1 aromatic carbocycles. The molecule has 29 heavy (non-hydrogen) atoms. The van der Waals surface area contributed by atoms with Gasteiger partial charge in [0, 0.05) is 38.0 Å². The maximum Gasteiger partial charge on any atom is 0.254 e. The molecule has 0 spiro atoms. The molecule has 0 unspecified atom stereocenters. The quantitative estimate of drug-likeness (QED) is 0.690. The summed E-state index contributed by atoms with van der Waals surface area (Å²) in [6.45, 7) is 0.976. The molecule has 7 nitrogen and oxygen atoms in total. The van der Waals surface area contributed by atoms with Crippen LogP contribution in [0.15, 0.2) is 48.7 Å². The van der Waals surface area contributed by atoms with Crippen molar-refractivity contribution in [2.24, 2.45) is 0 Å². The van der Waals surface area contributed by atoms with Crippen LogP contribution in [-0.4, -0.2) is 46.4 Å². The minimum atomic E-state index is -0.0999. The van der Waals surface area contributed by atoms with Crippen molar-refractivity contribution in [2.75, 3.05) is 25.5 Å². The lowest BCUT2D eigenvalue weighted by Crippen LogP contribution is -2.37. The molecule has 144 valence electrons. The molecule has 3 heterocycles. The lowest BCUT2D eigenvalue weighted by molar-refractivity contribution is 0.0732. The molecule has 4 rings (SSSR count). The fourth-order valence-corrected chi connectivity index (χ4v) is 3.47. The lowest BCUT2D eigenvalue weighted by atomic mass is 10.0. The molecule has 0 atom stereocenters. The van der Waals surface area contributed by atoms with E-state index in [9.17, 15) is 4.79 Å². The van der Waals surface area contributed by atoms with Gasteiger partial charge in [0.25, 0.3) is 5.91 Å². The maximum absolute atomic E-state index is 13.0. The van der Waals surface area contributed by atoms with Crippen LogP contribution in [0.5, 0.6) is 0 Å². The zero-order valence-corrected chi connectivity index (χ0v) is 16.3. The normalized spacial score (nSPS) is 12.8. The number of nitriles is 1. The first-order valence-electron chi connectivity index (χ1n) is 9.35. The number of rotatable bonds is 3. The highest BCUT2D eigenvalue weighted by Gasteiger charge is 2.27. The van der Waals surface area contributed by atoms with Crippen LogP contribution in [-0.2, 0) is 13.0 Å². The van der Waals surface area contributed by atoms with Crippen LogP contribution >= 0.6 is 0 Å². The van der Waals surface area contributed by atoms with Gasteiger partial charge < -0.3 is 9.80 Å². The van der Waals surface area contributed by atoms with E-state index in [0.29, 0.717) is 42.2 Å². The lowest BCUT2D eigenvalue weighted by Gasteiger charge is -2.30. The van der Waals surface area contributed by atoms with Crippen molar-refractivity contribution in [3.63, 3.8) is 0 Å². The van der Waals surface area contributed by atoms with E-state index in [4.69, 9.17) is 15.2 Å². The molecular formula is C22H20N6O. The zero-order valence-electron chi connectivity index (χ0n) is 16.3. The largest absolute Gasteiger partial charge is 0.362 e. The summed E-state index contributed by atoms with van der Waals surface area (Å²) in [6.07, 6.45) is 2.39. The molecular weight excluding hydrogens is 364 g/mol. The number of carbonyl (C=O) groups excluding carboxylic acids is 1. The Morgan fingerprint density at radius 1 is 1.17 bits per heavy atom. The SMILES string of the molecule is CN(C)c1nc(-c2ccccn2)nc2c1CCN(C(=O)c1cccc(C#N)c1)C2. The number of aromatic nitrogens is 3. The number of anilines is 1. The van der Waals surface area contributed by atoms with E-state index in [1.54, 1.807) is 35.4 Å². The molecule has 7 heteroatoms. The Morgan fingerprint density at radius 3 is 2.76 bits per heavy atom. The summed E-state index contributed by atoms with van der Waals surface area (Å²) in [5, 5.41) is 9.10. The highest BCUT2D eigenvalue weighted by Crippen LogP contribution is 2.28. The van der Waals surface area contributed by atoms with Gasteiger partial charge in [-0.3, -0.25) is 9.78 Å². The summed E-state index contributed by atoms with van der Waals surface area (Å²) in [5.41, 5.74) is 3.58. The van der Waals surface area contributed by atoms with E-state index < -0.39 is 0 Å². The van der Waals surface area contributed by atoms with Crippen molar-refractivity contribution >= 4 is 11.7 Å². The van der Waals surface area contributed by atoms with Crippen molar-refractivity contribution in [2.45, 2.75) is 13.0 Å². The summed E-state index contributed by atoms with van der Waals surface area (Å²) in [4.78, 5) is 30.6. The van der Waals surface area contributed by atoms with Gasteiger partial charge in [0.1, 0.15) is 11.5 Å². The number of pyridine rings is 1. The van der Waals surface area contributed by atoms with Gasteiger partial charge in [-0.15, -0.1) is 0 Å². The Labute approximate surface area is 169 Å². The highest BCUT2D eigenvalue weighted by atomic mass is 16.2. The van der Waals surface area contributed by atoms with Gasteiger partial charge in [0.05, 0.1) is 23.9 Å². The first-order valence-corrected chi connectivity index (χ1v) is 9.35. The van der Waals surface area contributed by atoms with Crippen molar-refractivity contribution in [1.82, 2.24) is 19.9 Å². The van der Waals surface area contributed by atoms with E-state index in [1.807, 2.05) is 37.2 Å². The Bertz CT molecular complexity index is 1100. The van der Waals surface area contributed by atoms with Gasteiger partial charge in [0.2, 0.25) is 0 Å². The smallest absolute Gasteiger partial charge is 0.254 e. The standard InChI is InChI=1S/C22H20N6O/c1-27(2)21-17-9-11-28(22(29)16-7-5-6-15(12-16)13-23)14-19(17)25-20(26-21)18-8-3-4-10-24-18/h3-8,10,12H,9,11,14H2,1-2H3. The third-order valence-electron chi connectivity index (χ3n) is 4.89. The van der Waals surface area contributed by atoms with Gasteiger partial charge in [-0.1, -0.05) is 12.1 Å². The van der Waals surface area contributed by atoms with Crippen LogP contribution in [0.4, 0.5) is 5.82 Å². The molecule has 0 bridgehead atoms. The van der Waals surface area contributed by atoms with Gasteiger partial charge in [-0.25, -0.2) is 9.97 Å². The molecule has 3 aromatic rings. The minimum Gasteiger partial charge on any atom is -0.362 e. The van der Waals surface area contributed by atoms with E-state index in [-0.39, 0.29) is 5.91 Å².